The first kappa shape index (κ1) is 7.19. The first-order valence-corrected chi connectivity index (χ1v) is 2.60. The van der Waals surface area contributed by atoms with Crippen molar-refractivity contribution in [2.75, 3.05) is 0 Å². The van der Waals surface area contributed by atoms with E-state index in [0.717, 1.165) is 18.3 Å². The highest BCUT2D eigenvalue weighted by Gasteiger charge is 1.83. The Morgan fingerprint density at radius 2 is 2.50 bits per heavy atom. The minimum absolute atomic E-state index is 0.592. The first-order valence-electron chi connectivity index (χ1n) is 2.60. The van der Waals surface area contributed by atoms with E-state index in [2.05, 4.69) is 12.3 Å². The van der Waals surface area contributed by atoms with Gasteiger partial charge in [-0.25, -0.2) is 0 Å². The van der Waals surface area contributed by atoms with Gasteiger partial charge in [-0.3, -0.25) is 0 Å². The average Bonchev–Trinajstić information content (AvgIpc) is 1.83. The Balaban J connectivity index is 3.39. The quantitative estimate of drug-likeness (QED) is 0.399. The summed E-state index contributed by atoms with van der Waals surface area (Å²) in [5.41, 5.74) is 3.76. The SMILES string of the molecule is C=C=C(C)CCC=O. The molecule has 0 aliphatic rings. The van der Waals surface area contributed by atoms with E-state index in [1.807, 2.05) is 6.92 Å². The van der Waals surface area contributed by atoms with E-state index in [9.17, 15) is 4.79 Å². The van der Waals surface area contributed by atoms with Crippen LogP contribution in [0.1, 0.15) is 19.8 Å². The van der Waals surface area contributed by atoms with Gasteiger partial charge in [0.1, 0.15) is 6.29 Å². The summed E-state index contributed by atoms with van der Waals surface area (Å²) < 4.78 is 0. The van der Waals surface area contributed by atoms with E-state index in [4.69, 9.17) is 0 Å². The van der Waals surface area contributed by atoms with E-state index < -0.39 is 0 Å². The second-order valence-electron chi connectivity index (χ2n) is 1.66. The van der Waals surface area contributed by atoms with E-state index in [1.54, 1.807) is 0 Å². The van der Waals surface area contributed by atoms with Crippen molar-refractivity contribution in [2.45, 2.75) is 19.8 Å². The summed E-state index contributed by atoms with van der Waals surface area (Å²) in [6.07, 6.45) is 2.29. The maximum absolute atomic E-state index is 9.76. The normalized spacial score (nSPS) is 7.62. The summed E-state index contributed by atoms with van der Waals surface area (Å²) in [6, 6.07) is 0. The third-order valence-electron chi connectivity index (χ3n) is 0.939. The first-order chi connectivity index (χ1) is 3.81. The van der Waals surface area contributed by atoms with Crippen molar-refractivity contribution in [3.8, 4) is 0 Å². The Morgan fingerprint density at radius 3 is 2.88 bits per heavy atom. The fraction of sp³-hybridized carbons (Fsp3) is 0.429. The van der Waals surface area contributed by atoms with Crippen LogP contribution in [-0.4, -0.2) is 6.29 Å². The zero-order valence-electron chi connectivity index (χ0n) is 5.11. The van der Waals surface area contributed by atoms with Crippen LogP contribution in [0.25, 0.3) is 0 Å². The molecule has 0 bridgehead atoms. The lowest BCUT2D eigenvalue weighted by molar-refractivity contribution is -0.107. The molecule has 44 valence electrons. The van der Waals surface area contributed by atoms with Gasteiger partial charge in [0.25, 0.3) is 0 Å². The van der Waals surface area contributed by atoms with E-state index in [0.29, 0.717) is 6.42 Å². The summed E-state index contributed by atoms with van der Waals surface area (Å²) in [4.78, 5) is 9.76. The van der Waals surface area contributed by atoms with E-state index in [-0.39, 0.29) is 0 Å². The molecule has 0 saturated carbocycles. The number of aldehydes is 1. The Morgan fingerprint density at radius 1 is 1.88 bits per heavy atom. The van der Waals surface area contributed by atoms with Gasteiger partial charge in [0.15, 0.2) is 0 Å². The molecule has 0 aromatic heterocycles. The van der Waals surface area contributed by atoms with Crippen LogP contribution in [0.2, 0.25) is 0 Å². The summed E-state index contributed by atoms with van der Waals surface area (Å²) in [5, 5.41) is 0. The van der Waals surface area contributed by atoms with Crippen LogP contribution < -0.4 is 0 Å². The van der Waals surface area contributed by atoms with Gasteiger partial charge in [0.2, 0.25) is 0 Å². The van der Waals surface area contributed by atoms with Crippen molar-refractivity contribution in [1.82, 2.24) is 0 Å². The Labute approximate surface area is 49.7 Å². The molecule has 0 fully saturated rings. The largest absolute Gasteiger partial charge is 0.303 e. The Bertz CT molecular complexity index is 118. The molecule has 0 atom stereocenters. The maximum atomic E-state index is 9.76. The van der Waals surface area contributed by atoms with Crippen LogP contribution in [-0.2, 0) is 4.79 Å². The van der Waals surface area contributed by atoms with Crippen molar-refractivity contribution in [2.24, 2.45) is 0 Å². The molecule has 0 aromatic carbocycles. The lowest BCUT2D eigenvalue weighted by Gasteiger charge is -1.86. The van der Waals surface area contributed by atoms with Crippen molar-refractivity contribution in [3.05, 3.63) is 17.9 Å². The molecule has 0 heterocycles. The maximum Gasteiger partial charge on any atom is 0.120 e. The predicted molar refractivity (Wildman–Crippen MR) is 33.6 cm³/mol. The second kappa shape index (κ2) is 4.35. The molecule has 1 nitrogen and oxygen atoms in total. The topological polar surface area (TPSA) is 17.1 Å². The highest BCUT2D eigenvalue weighted by molar-refractivity contribution is 5.49. The smallest absolute Gasteiger partial charge is 0.120 e. The molecular weight excluding hydrogens is 100 g/mol. The lowest BCUT2D eigenvalue weighted by Crippen LogP contribution is -1.75. The predicted octanol–water partition coefficient (Wildman–Crippen LogP) is 1.70. The summed E-state index contributed by atoms with van der Waals surface area (Å²) in [7, 11) is 0. The lowest BCUT2D eigenvalue weighted by atomic mass is 10.2. The zero-order valence-corrected chi connectivity index (χ0v) is 5.11. The number of carbonyl (C=O) groups is 1. The molecule has 0 amide bonds. The molecule has 0 N–H and O–H groups in total. The van der Waals surface area contributed by atoms with Crippen molar-refractivity contribution in [3.63, 3.8) is 0 Å². The third kappa shape index (κ3) is 3.38. The molecule has 0 aliphatic heterocycles. The molecule has 0 saturated heterocycles. The molecule has 0 rings (SSSR count). The molecule has 8 heavy (non-hydrogen) atoms. The van der Waals surface area contributed by atoms with Gasteiger partial charge in [0.05, 0.1) is 0 Å². The Kier molecular flexibility index (Phi) is 3.91. The average molecular weight is 110 g/mol. The number of hydrogen-bond acceptors (Lipinski definition) is 1. The van der Waals surface area contributed by atoms with Gasteiger partial charge >= 0.3 is 0 Å². The summed E-state index contributed by atoms with van der Waals surface area (Å²) >= 11 is 0. The van der Waals surface area contributed by atoms with Crippen molar-refractivity contribution in [1.29, 1.82) is 0 Å². The van der Waals surface area contributed by atoms with Crippen LogP contribution in [0, 0.1) is 0 Å². The van der Waals surface area contributed by atoms with E-state index >= 15 is 0 Å². The number of rotatable bonds is 3. The monoisotopic (exact) mass is 110 g/mol. The van der Waals surface area contributed by atoms with E-state index in [1.165, 1.54) is 0 Å². The molecule has 0 unspecified atom stereocenters. The molecule has 0 aliphatic carbocycles. The van der Waals surface area contributed by atoms with Gasteiger partial charge in [0, 0.05) is 6.42 Å². The zero-order chi connectivity index (χ0) is 6.41. The van der Waals surface area contributed by atoms with Gasteiger partial charge in [-0.15, -0.1) is 5.73 Å². The number of allylic oxidation sites excluding steroid dienone is 1. The fourth-order valence-corrected chi connectivity index (χ4v) is 0.364. The summed E-state index contributed by atoms with van der Waals surface area (Å²) in [5.74, 6) is 0. The number of carbonyl (C=O) groups excluding carboxylic acids is 1. The molecular formula is C7H10O. The molecule has 0 spiro atoms. The van der Waals surface area contributed by atoms with Crippen LogP contribution in [0.4, 0.5) is 0 Å². The minimum Gasteiger partial charge on any atom is -0.303 e. The van der Waals surface area contributed by atoms with Crippen LogP contribution in [0.5, 0.6) is 0 Å². The Hall–Kier alpha value is -0.810. The van der Waals surface area contributed by atoms with Crippen molar-refractivity contribution < 1.29 is 4.79 Å². The van der Waals surface area contributed by atoms with Gasteiger partial charge in [-0.2, -0.15) is 0 Å². The standard InChI is InChI=1S/C7H10O/c1-3-7(2)5-4-6-8/h6H,1,4-5H2,2H3. The highest BCUT2D eigenvalue weighted by atomic mass is 16.1. The van der Waals surface area contributed by atoms with Gasteiger partial charge in [-0.1, -0.05) is 6.58 Å². The van der Waals surface area contributed by atoms with Crippen LogP contribution in [0.15, 0.2) is 17.9 Å². The van der Waals surface area contributed by atoms with Crippen molar-refractivity contribution >= 4 is 6.29 Å². The third-order valence-corrected chi connectivity index (χ3v) is 0.939. The molecule has 1 heteroatoms. The molecule has 0 aromatic rings. The van der Waals surface area contributed by atoms with Gasteiger partial charge in [-0.05, 0) is 18.9 Å². The van der Waals surface area contributed by atoms with Crippen LogP contribution in [0.3, 0.4) is 0 Å². The highest BCUT2D eigenvalue weighted by Crippen LogP contribution is 1.97. The molecule has 0 radical (unpaired) electrons. The van der Waals surface area contributed by atoms with Gasteiger partial charge < -0.3 is 4.79 Å². The van der Waals surface area contributed by atoms with Crippen LogP contribution >= 0.6 is 0 Å². The summed E-state index contributed by atoms with van der Waals surface area (Å²) in [6.45, 7) is 5.35. The second-order valence-corrected chi connectivity index (χ2v) is 1.66. The minimum atomic E-state index is 0.592. The fourth-order valence-electron chi connectivity index (χ4n) is 0.364. The number of hydrogen-bond donors (Lipinski definition) is 0.